The number of thiazole rings is 1. The standard InChI is InChI=1S/C24H18FN5O4S2/c1-14-8-16(11-26)19(10-18(14)25)30-36(32,33)21-9-17(12-27-23(21)34-2)28-22(31)20-13-35-24(29-20)15-6-4-3-5-7-15/h3-10,12-13,30H,1-2H3,(H,28,31). The SMILES string of the molecule is COc1ncc(NC(=O)c2csc(-c3ccccc3)n2)cc1S(=O)(=O)Nc1cc(F)c(C)cc1C#N. The van der Waals surface area contributed by atoms with Crippen LogP contribution in [0.3, 0.4) is 0 Å². The van der Waals surface area contributed by atoms with Crippen LogP contribution in [0.5, 0.6) is 5.88 Å². The third-order valence-corrected chi connectivity index (χ3v) is 7.23. The number of benzene rings is 2. The van der Waals surface area contributed by atoms with E-state index >= 15 is 0 Å². The molecule has 9 nitrogen and oxygen atoms in total. The minimum absolute atomic E-state index is 0.0611. The number of aryl methyl sites for hydroxylation is 1. The van der Waals surface area contributed by atoms with Crippen LogP contribution in [0.4, 0.5) is 15.8 Å². The molecule has 0 radical (unpaired) electrons. The molecule has 36 heavy (non-hydrogen) atoms. The Bertz CT molecular complexity index is 1600. The van der Waals surface area contributed by atoms with E-state index in [9.17, 15) is 22.9 Å². The van der Waals surface area contributed by atoms with Crippen molar-refractivity contribution in [1.29, 1.82) is 5.26 Å². The number of anilines is 2. The highest BCUT2D eigenvalue weighted by Crippen LogP contribution is 2.29. The topological polar surface area (TPSA) is 134 Å². The molecule has 2 N–H and O–H groups in total. The van der Waals surface area contributed by atoms with Gasteiger partial charge in [0.15, 0.2) is 4.90 Å². The van der Waals surface area contributed by atoms with Crippen LogP contribution >= 0.6 is 11.3 Å². The summed E-state index contributed by atoms with van der Waals surface area (Å²) in [6.07, 6.45) is 1.23. The fourth-order valence-electron chi connectivity index (χ4n) is 3.19. The zero-order valence-electron chi connectivity index (χ0n) is 18.9. The van der Waals surface area contributed by atoms with E-state index in [0.29, 0.717) is 5.01 Å². The quantitative estimate of drug-likeness (QED) is 0.362. The zero-order chi connectivity index (χ0) is 25.9. The van der Waals surface area contributed by atoms with Crippen LogP contribution in [-0.2, 0) is 10.0 Å². The summed E-state index contributed by atoms with van der Waals surface area (Å²) in [5, 5.41) is 14.1. The molecule has 2 aromatic heterocycles. The van der Waals surface area contributed by atoms with Crippen LogP contribution in [0.25, 0.3) is 10.6 Å². The molecule has 0 aliphatic rings. The lowest BCUT2D eigenvalue weighted by Crippen LogP contribution is -2.17. The largest absolute Gasteiger partial charge is 0.480 e. The molecular weight excluding hydrogens is 505 g/mol. The summed E-state index contributed by atoms with van der Waals surface area (Å²) in [4.78, 5) is 20.6. The highest BCUT2D eigenvalue weighted by atomic mass is 32.2. The second-order valence-electron chi connectivity index (χ2n) is 7.45. The number of sulfonamides is 1. The number of pyridine rings is 1. The van der Waals surface area contributed by atoms with E-state index in [1.165, 1.54) is 37.6 Å². The van der Waals surface area contributed by atoms with Gasteiger partial charge in [-0.05, 0) is 30.7 Å². The molecule has 0 aliphatic carbocycles. The lowest BCUT2D eigenvalue weighted by Gasteiger charge is -2.14. The summed E-state index contributed by atoms with van der Waals surface area (Å²) in [5.41, 5.74) is 0.948. The van der Waals surface area contributed by atoms with Crippen LogP contribution < -0.4 is 14.8 Å². The van der Waals surface area contributed by atoms with Gasteiger partial charge in [-0.2, -0.15) is 5.26 Å². The predicted molar refractivity (Wildman–Crippen MR) is 133 cm³/mol. The molecule has 0 saturated carbocycles. The fraction of sp³-hybridized carbons (Fsp3) is 0.0833. The smallest absolute Gasteiger partial charge is 0.275 e. The Morgan fingerprint density at radius 3 is 2.64 bits per heavy atom. The first-order valence-corrected chi connectivity index (χ1v) is 12.7. The molecule has 0 unspecified atom stereocenters. The van der Waals surface area contributed by atoms with Crippen molar-refractivity contribution in [2.75, 3.05) is 17.1 Å². The van der Waals surface area contributed by atoms with E-state index in [1.807, 2.05) is 36.4 Å². The van der Waals surface area contributed by atoms with Crippen LogP contribution in [0.1, 0.15) is 21.6 Å². The molecule has 0 bridgehead atoms. The number of halogens is 1. The van der Waals surface area contributed by atoms with Gasteiger partial charge >= 0.3 is 0 Å². The van der Waals surface area contributed by atoms with Gasteiger partial charge in [-0.3, -0.25) is 9.52 Å². The average Bonchev–Trinajstić information content (AvgIpc) is 3.37. The van der Waals surface area contributed by atoms with Gasteiger partial charge in [-0.1, -0.05) is 30.3 Å². The zero-order valence-corrected chi connectivity index (χ0v) is 20.6. The third kappa shape index (κ3) is 5.17. The van der Waals surface area contributed by atoms with Gasteiger partial charge in [0, 0.05) is 10.9 Å². The predicted octanol–water partition coefficient (Wildman–Crippen LogP) is 4.59. The van der Waals surface area contributed by atoms with E-state index in [4.69, 9.17) is 4.74 Å². The molecular formula is C24H18FN5O4S2. The molecule has 0 aliphatic heterocycles. The Balaban J connectivity index is 1.61. The van der Waals surface area contributed by atoms with Gasteiger partial charge in [-0.15, -0.1) is 11.3 Å². The molecule has 2 aromatic carbocycles. The van der Waals surface area contributed by atoms with E-state index < -0.39 is 26.6 Å². The first kappa shape index (κ1) is 24.8. The molecule has 1 amide bonds. The number of hydrogen-bond donors (Lipinski definition) is 2. The molecule has 0 saturated heterocycles. The molecule has 182 valence electrons. The van der Waals surface area contributed by atoms with Crippen molar-refractivity contribution in [1.82, 2.24) is 9.97 Å². The van der Waals surface area contributed by atoms with E-state index in [1.54, 1.807) is 5.38 Å². The third-order valence-electron chi connectivity index (χ3n) is 4.98. The number of aromatic nitrogens is 2. The number of methoxy groups -OCH3 is 1. The van der Waals surface area contributed by atoms with Gasteiger partial charge in [0.05, 0.1) is 30.2 Å². The molecule has 0 spiro atoms. The second kappa shape index (κ2) is 10.1. The van der Waals surface area contributed by atoms with Gasteiger partial charge < -0.3 is 10.1 Å². The molecule has 0 atom stereocenters. The highest BCUT2D eigenvalue weighted by molar-refractivity contribution is 7.92. The maximum absolute atomic E-state index is 14.1. The van der Waals surface area contributed by atoms with Crippen molar-refractivity contribution in [2.45, 2.75) is 11.8 Å². The first-order chi connectivity index (χ1) is 17.2. The Labute approximate surface area is 210 Å². The maximum Gasteiger partial charge on any atom is 0.275 e. The highest BCUT2D eigenvalue weighted by Gasteiger charge is 2.24. The second-order valence-corrected chi connectivity index (χ2v) is 9.96. The monoisotopic (exact) mass is 523 g/mol. The Kier molecular flexibility index (Phi) is 6.96. The van der Waals surface area contributed by atoms with Crippen LogP contribution in [0.2, 0.25) is 0 Å². The maximum atomic E-state index is 14.1. The van der Waals surface area contributed by atoms with Gasteiger partial charge in [0.1, 0.15) is 22.6 Å². The number of nitrogens with zero attached hydrogens (tertiary/aromatic N) is 3. The Hall–Kier alpha value is -4.34. The first-order valence-electron chi connectivity index (χ1n) is 10.3. The van der Waals surface area contributed by atoms with Crippen molar-refractivity contribution in [3.63, 3.8) is 0 Å². The number of rotatable bonds is 7. The van der Waals surface area contributed by atoms with Crippen LogP contribution in [0.15, 0.2) is 65.0 Å². The lowest BCUT2D eigenvalue weighted by molar-refractivity contribution is 0.102. The number of amides is 1. The summed E-state index contributed by atoms with van der Waals surface area (Å²) in [6, 6.07) is 14.5. The summed E-state index contributed by atoms with van der Waals surface area (Å²) >= 11 is 1.29. The number of carbonyl (C=O) groups excluding carboxylic acids is 1. The molecule has 0 fully saturated rings. The fourth-order valence-corrected chi connectivity index (χ4v) is 5.21. The van der Waals surface area contributed by atoms with Crippen molar-refractivity contribution < 1.29 is 22.3 Å². The molecule has 2 heterocycles. The van der Waals surface area contributed by atoms with Gasteiger partial charge in [-0.25, -0.2) is 22.8 Å². The number of carbonyl (C=O) groups is 1. The molecule has 4 aromatic rings. The molecule has 12 heteroatoms. The number of ether oxygens (including phenoxy) is 1. The van der Waals surface area contributed by atoms with Crippen molar-refractivity contribution in [3.05, 3.63) is 82.7 Å². The van der Waals surface area contributed by atoms with E-state index in [2.05, 4.69) is 20.0 Å². The lowest BCUT2D eigenvalue weighted by atomic mass is 10.1. The Morgan fingerprint density at radius 1 is 1.19 bits per heavy atom. The minimum atomic E-state index is -4.39. The Morgan fingerprint density at radius 2 is 1.94 bits per heavy atom. The summed E-state index contributed by atoms with van der Waals surface area (Å²) in [5.74, 6) is -1.51. The van der Waals surface area contributed by atoms with Crippen molar-refractivity contribution in [3.8, 4) is 22.5 Å². The number of nitrogens with one attached hydrogen (secondary N) is 2. The van der Waals surface area contributed by atoms with Crippen LogP contribution in [0, 0.1) is 24.1 Å². The summed E-state index contributed by atoms with van der Waals surface area (Å²) in [7, 11) is -3.16. The van der Waals surface area contributed by atoms with Crippen LogP contribution in [-0.4, -0.2) is 31.4 Å². The van der Waals surface area contributed by atoms with E-state index in [-0.39, 0.29) is 34.1 Å². The van der Waals surface area contributed by atoms with Gasteiger partial charge in [0.25, 0.3) is 15.9 Å². The van der Waals surface area contributed by atoms with Crippen molar-refractivity contribution in [2.24, 2.45) is 0 Å². The molecule has 4 rings (SSSR count). The minimum Gasteiger partial charge on any atom is -0.480 e. The summed E-state index contributed by atoms with van der Waals surface area (Å²) in [6.45, 7) is 1.46. The summed E-state index contributed by atoms with van der Waals surface area (Å²) < 4.78 is 47.6. The average molecular weight is 524 g/mol. The van der Waals surface area contributed by atoms with Crippen molar-refractivity contribution >= 4 is 38.6 Å². The van der Waals surface area contributed by atoms with Gasteiger partial charge in [0.2, 0.25) is 5.88 Å². The number of hydrogen-bond acceptors (Lipinski definition) is 8. The number of nitriles is 1. The normalized spacial score (nSPS) is 10.9. The van der Waals surface area contributed by atoms with E-state index in [0.717, 1.165) is 17.7 Å².